The molecule has 17 heavy (non-hydrogen) atoms. The molecule has 1 aliphatic carbocycles. The molecule has 1 aromatic carbocycles. The van der Waals surface area contributed by atoms with Crippen molar-refractivity contribution in [2.75, 3.05) is 27.3 Å². The first kappa shape index (κ1) is 12.2. The fraction of sp³-hybridized carbons (Fsp3) is 0.571. The summed E-state index contributed by atoms with van der Waals surface area (Å²) in [6.07, 6.45) is 3.63. The fourth-order valence-corrected chi connectivity index (χ4v) is 1.75. The average molecular weight is 235 g/mol. The van der Waals surface area contributed by atoms with Gasteiger partial charge in [0, 0.05) is 0 Å². The highest BCUT2D eigenvalue weighted by Crippen LogP contribution is 2.33. The maximum absolute atomic E-state index is 5.83. The number of methoxy groups -OCH3 is 1. The predicted octanol–water partition coefficient (Wildman–Crippen LogP) is 2.25. The fourth-order valence-electron chi connectivity index (χ4n) is 1.75. The molecule has 0 amide bonds. The normalized spacial score (nSPS) is 14.7. The van der Waals surface area contributed by atoms with E-state index in [-0.39, 0.29) is 0 Å². The first-order valence-corrected chi connectivity index (χ1v) is 6.28. The van der Waals surface area contributed by atoms with Crippen molar-refractivity contribution in [1.82, 2.24) is 5.32 Å². The quantitative estimate of drug-likeness (QED) is 0.786. The van der Waals surface area contributed by atoms with Crippen molar-refractivity contribution in [1.29, 1.82) is 0 Å². The molecule has 3 heteroatoms. The van der Waals surface area contributed by atoms with Crippen LogP contribution in [0.25, 0.3) is 0 Å². The van der Waals surface area contributed by atoms with Gasteiger partial charge < -0.3 is 14.8 Å². The number of hydrogen-bond donors (Lipinski definition) is 1. The van der Waals surface area contributed by atoms with Crippen LogP contribution in [0.1, 0.15) is 18.4 Å². The lowest BCUT2D eigenvalue weighted by Crippen LogP contribution is -2.10. The van der Waals surface area contributed by atoms with Crippen molar-refractivity contribution >= 4 is 0 Å². The number of hydrogen-bond acceptors (Lipinski definition) is 3. The minimum atomic E-state index is 0.765. The Morgan fingerprint density at radius 1 is 1.29 bits per heavy atom. The van der Waals surface area contributed by atoms with E-state index < -0.39 is 0 Å². The molecule has 2 rings (SSSR count). The van der Waals surface area contributed by atoms with Crippen LogP contribution in [0.2, 0.25) is 0 Å². The summed E-state index contributed by atoms with van der Waals surface area (Å²) in [4.78, 5) is 0. The molecule has 1 N–H and O–H groups in total. The Balaban J connectivity index is 2.01. The van der Waals surface area contributed by atoms with E-state index in [9.17, 15) is 0 Å². The van der Waals surface area contributed by atoms with E-state index in [1.165, 1.54) is 18.4 Å². The van der Waals surface area contributed by atoms with Crippen LogP contribution in [0.15, 0.2) is 18.2 Å². The van der Waals surface area contributed by atoms with E-state index >= 15 is 0 Å². The molecule has 3 nitrogen and oxygen atoms in total. The summed E-state index contributed by atoms with van der Waals surface area (Å²) in [7, 11) is 3.65. The van der Waals surface area contributed by atoms with Crippen LogP contribution < -0.4 is 14.8 Å². The van der Waals surface area contributed by atoms with Crippen LogP contribution in [0.3, 0.4) is 0 Å². The molecule has 1 aliphatic rings. The van der Waals surface area contributed by atoms with E-state index in [1.807, 2.05) is 13.1 Å². The second kappa shape index (κ2) is 5.92. The molecule has 0 atom stereocenters. The molecule has 0 unspecified atom stereocenters. The summed E-state index contributed by atoms with van der Waals surface area (Å²) >= 11 is 0. The summed E-state index contributed by atoms with van der Waals surface area (Å²) in [5.74, 6) is 2.48. The lowest BCUT2D eigenvalue weighted by Gasteiger charge is -2.12. The molecule has 0 aromatic heterocycles. The van der Waals surface area contributed by atoms with Crippen molar-refractivity contribution < 1.29 is 9.47 Å². The summed E-state index contributed by atoms with van der Waals surface area (Å²) in [5, 5.41) is 3.15. The van der Waals surface area contributed by atoms with Gasteiger partial charge in [-0.3, -0.25) is 0 Å². The van der Waals surface area contributed by atoms with Gasteiger partial charge >= 0.3 is 0 Å². The van der Waals surface area contributed by atoms with Gasteiger partial charge in [0.05, 0.1) is 13.7 Å². The molecule has 94 valence electrons. The molecule has 0 radical (unpaired) electrons. The number of likely N-dealkylation sites (N-methyl/N-ethyl adjacent to an activating group) is 1. The van der Waals surface area contributed by atoms with Gasteiger partial charge in [0.1, 0.15) is 0 Å². The minimum Gasteiger partial charge on any atom is -0.493 e. The Bertz CT molecular complexity index is 361. The van der Waals surface area contributed by atoms with Gasteiger partial charge in [-0.25, -0.2) is 0 Å². The maximum Gasteiger partial charge on any atom is 0.161 e. The number of rotatable bonds is 7. The molecule has 1 aromatic rings. The van der Waals surface area contributed by atoms with Gasteiger partial charge in [0.2, 0.25) is 0 Å². The van der Waals surface area contributed by atoms with Gasteiger partial charge in [-0.2, -0.15) is 0 Å². The molecule has 0 bridgehead atoms. The molecule has 1 saturated carbocycles. The first-order chi connectivity index (χ1) is 8.33. The maximum atomic E-state index is 5.83. The van der Waals surface area contributed by atoms with Crippen LogP contribution in [-0.2, 0) is 6.42 Å². The smallest absolute Gasteiger partial charge is 0.161 e. The summed E-state index contributed by atoms with van der Waals surface area (Å²) < 4.78 is 11.1. The standard InChI is InChI=1S/C14H21NO2/c1-15-8-7-11-5-6-13(16-2)14(9-11)17-10-12-3-4-12/h5-6,9,12,15H,3-4,7-8,10H2,1-2H3. The van der Waals surface area contributed by atoms with Crippen molar-refractivity contribution in [3.05, 3.63) is 23.8 Å². The van der Waals surface area contributed by atoms with Crippen LogP contribution in [-0.4, -0.2) is 27.3 Å². The highest BCUT2D eigenvalue weighted by atomic mass is 16.5. The zero-order valence-electron chi connectivity index (χ0n) is 10.7. The van der Waals surface area contributed by atoms with Crippen LogP contribution in [0.5, 0.6) is 11.5 Å². The Labute approximate surface area is 103 Å². The third-order valence-electron chi connectivity index (χ3n) is 3.06. The molecular formula is C14H21NO2. The van der Waals surface area contributed by atoms with E-state index in [2.05, 4.69) is 17.4 Å². The molecule has 0 aliphatic heterocycles. The minimum absolute atomic E-state index is 0.765. The topological polar surface area (TPSA) is 30.5 Å². The molecule has 0 heterocycles. The lowest BCUT2D eigenvalue weighted by molar-refractivity contribution is 0.280. The van der Waals surface area contributed by atoms with Gasteiger partial charge in [-0.15, -0.1) is 0 Å². The zero-order chi connectivity index (χ0) is 12.1. The largest absolute Gasteiger partial charge is 0.493 e. The highest BCUT2D eigenvalue weighted by Gasteiger charge is 2.22. The lowest BCUT2D eigenvalue weighted by atomic mass is 10.1. The molecule has 0 saturated heterocycles. The molecule has 1 fully saturated rings. The Hall–Kier alpha value is -1.22. The van der Waals surface area contributed by atoms with E-state index in [0.29, 0.717) is 0 Å². The number of benzene rings is 1. The second-order valence-electron chi connectivity index (χ2n) is 4.59. The number of ether oxygens (including phenoxy) is 2. The second-order valence-corrected chi connectivity index (χ2v) is 4.59. The van der Waals surface area contributed by atoms with Gasteiger partial charge in [0.25, 0.3) is 0 Å². The van der Waals surface area contributed by atoms with E-state index in [4.69, 9.17) is 9.47 Å². The van der Waals surface area contributed by atoms with Crippen molar-refractivity contribution in [3.8, 4) is 11.5 Å². The van der Waals surface area contributed by atoms with Gasteiger partial charge in [0.15, 0.2) is 11.5 Å². The summed E-state index contributed by atoms with van der Waals surface area (Å²) in [5.41, 5.74) is 1.28. The zero-order valence-corrected chi connectivity index (χ0v) is 10.7. The monoisotopic (exact) mass is 235 g/mol. The van der Waals surface area contributed by atoms with Crippen LogP contribution in [0, 0.1) is 5.92 Å². The molecule has 0 spiro atoms. The van der Waals surface area contributed by atoms with Crippen molar-refractivity contribution in [2.24, 2.45) is 5.92 Å². The summed E-state index contributed by atoms with van der Waals surface area (Å²) in [6.45, 7) is 1.81. The van der Waals surface area contributed by atoms with Crippen LogP contribution in [0.4, 0.5) is 0 Å². The third-order valence-corrected chi connectivity index (χ3v) is 3.06. The average Bonchev–Trinajstić information content (AvgIpc) is 3.18. The third kappa shape index (κ3) is 3.63. The number of nitrogens with one attached hydrogen (secondary N) is 1. The van der Waals surface area contributed by atoms with Crippen molar-refractivity contribution in [3.63, 3.8) is 0 Å². The highest BCUT2D eigenvalue weighted by molar-refractivity contribution is 5.43. The predicted molar refractivity (Wildman–Crippen MR) is 68.8 cm³/mol. The van der Waals surface area contributed by atoms with E-state index in [0.717, 1.165) is 37.0 Å². The van der Waals surface area contributed by atoms with Gasteiger partial charge in [-0.05, 0) is 56.5 Å². The SMILES string of the molecule is CNCCc1ccc(OC)c(OCC2CC2)c1. The van der Waals surface area contributed by atoms with E-state index in [1.54, 1.807) is 7.11 Å². The first-order valence-electron chi connectivity index (χ1n) is 6.28. The van der Waals surface area contributed by atoms with Crippen molar-refractivity contribution in [2.45, 2.75) is 19.3 Å². The van der Waals surface area contributed by atoms with Gasteiger partial charge in [-0.1, -0.05) is 6.07 Å². The Morgan fingerprint density at radius 3 is 2.76 bits per heavy atom. The van der Waals surface area contributed by atoms with Crippen LogP contribution >= 0.6 is 0 Å². The summed E-state index contributed by atoms with van der Waals surface area (Å²) in [6, 6.07) is 6.19. The Kier molecular flexibility index (Phi) is 4.26. The molecular weight excluding hydrogens is 214 g/mol. The Morgan fingerprint density at radius 2 is 2.12 bits per heavy atom.